The van der Waals surface area contributed by atoms with E-state index in [1.807, 2.05) is 27.7 Å². The van der Waals surface area contributed by atoms with Crippen molar-refractivity contribution in [2.75, 3.05) is 0 Å². The largest absolute Gasteiger partial charge is 0.252 e. The third kappa shape index (κ3) is 3.85. The van der Waals surface area contributed by atoms with Gasteiger partial charge in [0.2, 0.25) is 5.72 Å². The molecule has 7 nitrogen and oxygen atoms in total. The fraction of sp³-hybridized carbons (Fsp3) is 1.00. The molecule has 0 heterocycles. The van der Waals surface area contributed by atoms with E-state index in [-0.39, 0.29) is 6.04 Å². The maximum absolute atomic E-state index is 6.01. The van der Waals surface area contributed by atoms with E-state index in [9.17, 15) is 0 Å². The predicted molar refractivity (Wildman–Crippen MR) is 67.6 cm³/mol. The summed E-state index contributed by atoms with van der Waals surface area (Å²) >= 11 is 0. The molecule has 7 heteroatoms. The van der Waals surface area contributed by atoms with Gasteiger partial charge in [-0.3, -0.25) is 11.7 Å². The average Bonchev–Trinajstić information content (AvgIpc) is 2.26. The van der Waals surface area contributed by atoms with E-state index in [1.165, 1.54) is 0 Å². The lowest BCUT2D eigenvalue weighted by Gasteiger charge is -2.42. The highest BCUT2D eigenvalue weighted by Crippen LogP contribution is 2.25. The molecule has 104 valence electrons. The molecule has 0 bridgehead atoms. The fourth-order valence-corrected chi connectivity index (χ4v) is 2.02. The van der Waals surface area contributed by atoms with Crippen molar-refractivity contribution in [3.05, 3.63) is 0 Å². The summed E-state index contributed by atoms with van der Waals surface area (Å²) in [6.07, 6.45) is 2.85. The molecule has 0 aromatic carbocycles. The standard InChI is InChI=1S/C10H29N6O/c1-5-9(6-2)16(13,14)17-10(7-3,8-4)15(11)12/h9H,5-8,11-14H2,1-4H3/q+1. The molecular weight excluding hydrogens is 220 g/mol. The molecule has 0 saturated carbocycles. The van der Waals surface area contributed by atoms with Gasteiger partial charge in [-0.05, 0) is 17.7 Å². The first-order chi connectivity index (χ1) is 7.79. The van der Waals surface area contributed by atoms with Gasteiger partial charge in [0, 0.05) is 12.8 Å². The Hall–Kier alpha value is -0.280. The van der Waals surface area contributed by atoms with E-state index in [1.54, 1.807) is 0 Å². The molecule has 0 saturated heterocycles. The van der Waals surface area contributed by atoms with Crippen LogP contribution in [-0.4, -0.2) is 21.7 Å². The van der Waals surface area contributed by atoms with Gasteiger partial charge in [-0.25, -0.2) is 0 Å². The van der Waals surface area contributed by atoms with Crippen LogP contribution in [0.2, 0.25) is 0 Å². The monoisotopic (exact) mass is 249 g/mol. The third-order valence-corrected chi connectivity index (χ3v) is 3.42. The Morgan fingerprint density at radius 1 is 1.06 bits per heavy atom. The summed E-state index contributed by atoms with van der Waals surface area (Å²) in [6.45, 7) is 7.91. The molecule has 0 atom stereocenters. The van der Waals surface area contributed by atoms with Crippen molar-refractivity contribution in [2.45, 2.75) is 65.1 Å². The molecule has 0 aromatic heterocycles. The van der Waals surface area contributed by atoms with Crippen molar-refractivity contribution in [1.29, 1.82) is 0 Å². The number of nitrogens with zero attached hydrogens (tertiary/aromatic N) is 2. The van der Waals surface area contributed by atoms with E-state index in [2.05, 4.69) is 0 Å². The minimum absolute atomic E-state index is 0.00687. The van der Waals surface area contributed by atoms with Crippen molar-refractivity contribution >= 4 is 0 Å². The zero-order chi connectivity index (χ0) is 13.7. The average molecular weight is 249 g/mol. The lowest BCUT2D eigenvalue weighted by molar-refractivity contribution is -1.16. The van der Waals surface area contributed by atoms with Gasteiger partial charge in [-0.15, -0.1) is 21.6 Å². The number of hydrogen-bond donors (Lipinski definition) is 4. The maximum atomic E-state index is 6.01. The van der Waals surface area contributed by atoms with Crippen molar-refractivity contribution in [2.24, 2.45) is 23.4 Å². The number of nitrogens with two attached hydrogens (primary N) is 4. The normalized spacial score (nSPS) is 13.8. The van der Waals surface area contributed by atoms with Gasteiger partial charge in [0.15, 0.2) is 6.04 Å². The SMILES string of the molecule is CCC(CC)[N+](N)(N)OC(CC)(CC)N(N)N. The van der Waals surface area contributed by atoms with Crippen LogP contribution < -0.4 is 23.4 Å². The third-order valence-electron chi connectivity index (χ3n) is 3.42. The van der Waals surface area contributed by atoms with Crippen LogP contribution in [0, 0.1) is 0 Å². The highest BCUT2D eigenvalue weighted by molar-refractivity contribution is 4.70. The predicted octanol–water partition coefficient (Wildman–Crippen LogP) is 0.237. The molecule has 0 amide bonds. The molecule has 0 spiro atoms. The first kappa shape index (κ1) is 16.7. The van der Waals surface area contributed by atoms with Crippen molar-refractivity contribution < 1.29 is 9.70 Å². The molecule has 8 N–H and O–H groups in total. The van der Waals surface area contributed by atoms with Crippen LogP contribution in [-0.2, 0) is 4.84 Å². The van der Waals surface area contributed by atoms with Gasteiger partial charge in [-0.1, -0.05) is 27.7 Å². The number of quaternary nitrogens is 1. The summed E-state index contributed by atoms with van der Waals surface area (Å²) in [4.78, 5) is 5.28. The van der Waals surface area contributed by atoms with Crippen LogP contribution in [0.25, 0.3) is 0 Å². The van der Waals surface area contributed by atoms with Crippen LogP contribution in [0.5, 0.6) is 0 Å². The molecular formula is C10H29N6O+. The zero-order valence-electron chi connectivity index (χ0n) is 11.5. The Morgan fingerprint density at radius 3 is 1.71 bits per heavy atom. The Morgan fingerprint density at radius 2 is 1.47 bits per heavy atom. The van der Waals surface area contributed by atoms with Gasteiger partial charge >= 0.3 is 0 Å². The summed E-state index contributed by atoms with van der Waals surface area (Å²) in [5.41, 5.74) is -0.841. The minimum Gasteiger partial charge on any atom is -0.252 e. The maximum Gasteiger partial charge on any atom is 0.210 e. The molecule has 0 rings (SSSR count). The van der Waals surface area contributed by atoms with Gasteiger partial charge in [-0.2, -0.15) is 0 Å². The minimum atomic E-state index is -0.841. The summed E-state index contributed by atoms with van der Waals surface area (Å²) in [7, 11) is 0. The molecule has 0 unspecified atom stereocenters. The second-order valence-electron chi connectivity index (χ2n) is 4.39. The smallest absolute Gasteiger partial charge is 0.210 e. The molecule has 17 heavy (non-hydrogen) atoms. The van der Waals surface area contributed by atoms with Gasteiger partial charge in [0.1, 0.15) is 0 Å². The Labute approximate surface area is 104 Å². The molecule has 0 aliphatic carbocycles. The van der Waals surface area contributed by atoms with Crippen molar-refractivity contribution in [3.8, 4) is 0 Å². The van der Waals surface area contributed by atoms with Gasteiger partial charge in [0.25, 0.3) is 0 Å². The topological polar surface area (TPSA) is 117 Å². The summed E-state index contributed by atoms with van der Waals surface area (Å²) < 4.78 is 0. The van der Waals surface area contributed by atoms with Crippen molar-refractivity contribution in [3.63, 3.8) is 0 Å². The van der Waals surface area contributed by atoms with Crippen molar-refractivity contribution in [1.82, 2.24) is 5.12 Å². The first-order valence-electron chi connectivity index (χ1n) is 6.25. The first-order valence-corrected chi connectivity index (χ1v) is 6.25. The van der Waals surface area contributed by atoms with E-state index < -0.39 is 10.6 Å². The molecule has 0 radical (unpaired) electrons. The second kappa shape index (κ2) is 6.60. The van der Waals surface area contributed by atoms with Crippen LogP contribution in [0.15, 0.2) is 0 Å². The number of hydrogen-bond acceptors (Lipinski definition) is 6. The summed E-state index contributed by atoms with van der Waals surface area (Å²) in [5.74, 6) is 23.3. The molecule has 0 aliphatic heterocycles. The quantitative estimate of drug-likeness (QED) is 0.212. The van der Waals surface area contributed by atoms with Crippen LogP contribution in [0.3, 0.4) is 0 Å². The Bertz CT molecular complexity index is 213. The number of hydrazine groups is 2. The fourth-order valence-electron chi connectivity index (χ4n) is 2.02. The van der Waals surface area contributed by atoms with E-state index in [4.69, 9.17) is 28.2 Å². The zero-order valence-corrected chi connectivity index (χ0v) is 11.5. The lowest BCUT2D eigenvalue weighted by atomic mass is 10.1. The number of rotatable bonds is 8. The van der Waals surface area contributed by atoms with Crippen LogP contribution >= 0.6 is 0 Å². The summed E-state index contributed by atoms with van der Waals surface area (Å²) in [6, 6.07) is 0.00687. The van der Waals surface area contributed by atoms with E-state index >= 15 is 0 Å². The van der Waals surface area contributed by atoms with E-state index in [0.29, 0.717) is 12.8 Å². The molecule has 0 aliphatic rings. The lowest BCUT2D eigenvalue weighted by Crippen LogP contribution is -2.72. The van der Waals surface area contributed by atoms with E-state index in [0.717, 1.165) is 18.0 Å². The molecule has 0 fully saturated rings. The van der Waals surface area contributed by atoms with Crippen LogP contribution in [0.4, 0.5) is 0 Å². The van der Waals surface area contributed by atoms with Crippen LogP contribution in [0.1, 0.15) is 53.4 Å². The summed E-state index contributed by atoms with van der Waals surface area (Å²) in [5, 5.41) is 1.06. The Balaban J connectivity index is 4.97. The highest BCUT2D eigenvalue weighted by atomic mass is 16.8. The highest BCUT2D eigenvalue weighted by Gasteiger charge is 2.44. The molecule has 0 aromatic rings. The number of hydroxylamine groups is 1. The second-order valence-corrected chi connectivity index (χ2v) is 4.39. The Kier molecular flexibility index (Phi) is 6.49. The van der Waals surface area contributed by atoms with Gasteiger partial charge in [0.05, 0.1) is 0 Å². The van der Waals surface area contributed by atoms with Gasteiger partial charge < -0.3 is 0 Å².